The molecule has 1 atom stereocenters. The van der Waals surface area contributed by atoms with Gasteiger partial charge < -0.3 is 10.8 Å². The second kappa shape index (κ2) is 3.29. The van der Waals surface area contributed by atoms with Gasteiger partial charge in [0.05, 0.1) is 6.61 Å². The van der Waals surface area contributed by atoms with Crippen LogP contribution < -0.4 is 5.73 Å². The fourth-order valence-electron chi connectivity index (χ4n) is 1.98. The predicted octanol–water partition coefficient (Wildman–Crippen LogP) is 1.78. The van der Waals surface area contributed by atoms with Gasteiger partial charge in [0.1, 0.15) is 0 Å². The maximum atomic E-state index is 9.11. The van der Waals surface area contributed by atoms with Crippen molar-refractivity contribution >= 4 is 11.6 Å². The van der Waals surface area contributed by atoms with Gasteiger partial charge in [-0.25, -0.2) is 0 Å². The molecule has 2 rings (SSSR count). The molecule has 0 aromatic heterocycles. The normalized spacial score (nSPS) is 20.4. The first-order chi connectivity index (χ1) is 6.24. The van der Waals surface area contributed by atoms with Gasteiger partial charge in [-0.15, -0.1) is 0 Å². The molecule has 3 N–H and O–H groups in total. The lowest BCUT2D eigenvalue weighted by Crippen LogP contribution is -2.08. The van der Waals surface area contributed by atoms with Crippen molar-refractivity contribution in [1.82, 2.24) is 0 Å². The van der Waals surface area contributed by atoms with Crippen molar-refractivity contribution in [3.05, 3.63) is 33.8 Å². The van der Waals surface area contributed by atoms with Crippen LogP contribution in [0.25, 0.3) is 0 Å². The molecule has 0 heterocycles. The number of hydrogen-bond acceptors (Lipinski definition) is 2. The summed E-state index contributed by atoms with van der Waals surface area (Å²) in [6, 6.07) is 3.74. The summed E-state index contributed by atoms with van der Waals surface area (Å²) < 4.78 is 0. The fraction of sp³-hybridized carbons (Fsp3) is 0.400. The third-order valence-corrected chi connectivity index (χ3v) is 2.99. The Morgan fingerprint density at radius 2 is 2.31 bits per heavy atom. The van der Waals surface area contributed by atoms with Gasteiger partial charge in [0.2, 0.25) is 0 Å². The maximum Gasteiger partial charge on any atom is 0.0685 e. The number of halogens is 1. The maximum absolute atomic E-state index is 9.11. The largest absolute Gasteiger partial charge is 0.392 e. The summed E-state index contributed by atoms with van der Waals surface area (Å²) in [5.41, 5.74) is 9.03. The molecule has 1 aromatic carbocycles. The van der Waals surface area contributed by atoms with E-state index in [0.717, 1.165) is 34.6 Å². The van der Waals surface area contributed by atoms with E-state index in [-0.39, 0.29) is 12.6 Å². The van der Waals surface area contributed by atoms with E-state index < -0.39 is 0 Å². The monoisotopic (exact) mass is 197 g/mol. The number of hydrogen-bond donors (Lipinski definition) is 2. The van der Waals surface area contributed by atoms with Crippen LogP contribution in [0.1, 0.15) is 29.2 Å². The summed E-state index contributed by atoms with van der Waals surface area (Å²) in [5, 5.41) is 9.89. The summed E-state index contributed by atoms with van der Waals surface area (Å²) in [4.78, 5) is 0. The molecule has 1 aliphatic rings. The predicted molar refractivity (Wildman–Crippen MR) is 52.6 cm³/mol. The Balaban J connectivity index is 2.60. The Morgan fingerprint density at radius 3 is 3.00 bits per heavy atom. The highest BCUT2D eigenvalue weighted by atomic mass is 35.5. The van der Waals surface area contributed by atoms with Crippen molar-refractivity contribution in [3.63, 3.8) is 0 Å². The molecule has 2 nitrogen and oxygen atoms in total. The number of aliphatic hydroxyl groups is 1. The molecule has 0 spiro atoms. The minimum atomic E-state index is 0.0488. The first kappa shape index (κ1) is 9.00. The van der Waals surface area contributed by atoms with Crippen LogP contribution in [0.5, 0.6) is 0 Å². The topological polar surface area (TPSA) is 46.2 Å². The smallest absolute Gasteiger partial charge is 0.0685 e. The zero-order valence-electron chi connectivity index (χ0n) is 7.26. The molecule has 1 aromatic rings. The summed E-state index contributed by atoms with van der Waals surface area (Å²) in [5.74, 6) is 0. The average molecular weight is 198 g/mol. The van der Waals surface area contributed by atoms with E-state index in [9.17, 15) is 0 Å². The minimum Gasteiger partial charge on any atom is -0.392 e. The number of nitrogens with two attached hydrogens (primary N) is 1. The number of fused-ring (bicyclic) bond motifs is 1. The number of benzene rings is 1. The summed E-state index contributed by atoms with van der Waals surface area (Å²) in [6.45, 7) is 0.0488. The second-order valence-corrected chi connectivity index (χ2v) is 3.81. The van der Waals surface area contributed by atoms with Gasteiger partial charge in [0, 0.05) is 11.1 Å². The van der Waals surface area contributed by atoms with Gasteiger partial charge in [-0.05, 0) is 35.6 Å². The van der Waals surface area contributed by atoms with Crippen molar-refractivity contribution in [3.8, 4) is 0 Å². The lowest BCUT2D eigenvalue weighted by atomic mass is 10.0. The quantitative estimate of drug-likeness (QED) is 0.721. The Bertz CT molecular complexity index is 338. The molecule has 13 heavy (non-hydrogen) atoms. The molecule has 0 fully saturated rings. The molecule has 1 unspecified atom stereocenters. The molecular weight excluding hydrogens is 186 g/mol. The third-order valence-electron chi connectivity index (χ3n) is 2.64. The van der Waals surface area contributed by atoms with Gasteiger partial charge in [0.25, 0.3) is 0 Å². The lowest BCUT2D eigenvalue weighted by molar-refractivity contribution is 0.280. The highest BCUT2D eigenvalue weighted by Crippen LogP contribution is 2.36. The van der Waals surface area contributed by atoms with Crippen molar-refractivity contribution in [2.24, 2.45) is 5.73 Å². The van der Waals surface area contributed by atoms with Crippen LogP contribution in [0.4, 0.5) is 0 Å². The van der Waals surface area contributed by atoms with Crippen LogP contribution in [0.15, 0.2) is 12.1 Å². The van der Waals surface area contributed by atoms with Crippen molar-refractivity contribution in [2.45, 2.75) is 25.5 Å². The van der Waals surface area contributed by atoms with Gasteiger partial charge in [0.15, 0.2) is 0 Å². The van der Waals surface area contributed by atoms with E-state index in [2.05, 4.69) is 0 Å². The molecule has 0 bridgehead atoms. The van der Waals surface area contributed by atoms with E-state index in [1.807, 2.05) is 12.1 Å². The molecule has 0 radical (unpaired) electrons. The zero-order chi connectivity index (χ0) is 9.42. The van der Waals surface area contributed by atoms with E-state index in [1.54, 1.807) is 0 Å². The molecule has 0 aliphatic heterocycles. The minimum absolute atomic E-state index is 0.0488. The molecular formula is C10H12ClNO. The van der Waals surface area contributed by atoms with Crippen molar-refractivity contribution in [2.75, 3.05) is 0 Å². The SMILES string of the molecule is NC1CCc2c(Cl)ccc(CO)c21. The van der Waals surface area contributed by atoms with Crippen LogP contribution in [0.2, 0.25) is 5.02 Å². The summed E-state index contributed by atoms with van der Waals surface area (Å²) in [6.07, 6.45) is 1.87. The van der Waals surface area contributed by atoms with Crippen molar-refractivity contribution in [1.29, 1.82) is 0 Å². The molecule has 0 saturated heterocycles. The first-order valence-corrected chi connectivity index (χ1v) is 4.78. The van der Waals surface area contributed by atoms with E-state index in [1.165, 1.54) is 0 Å². The van der Waals surface area contributed by atoms with Crippen LogP contribution in [-0.2, 0) is 13.0 Å². The first-order valence-electron chi connectivity index (χ1n) is 4.40. The highest BCUT2D eigenvalue weighted by molar-refractivity contribution is 6.31. The Hall–Kier alpha value is -0.570. The standard InChI is InChI=1S/C10H12ClNO/c11-8-3-1-6(5-13)10-7(8)2-4-9(10)12/h1,3,9,13H,2,4-5,12H2. The van der Waals surface area contributed by atoms with E-state index in [4.69, 9.17) is 22.4 Å². The van der Waals surface area contributed by atoms with Gasteiger partial charge in [-0.3, -0.25) is 0 Å². The number of aliphatic hydroxyl groups excluding tert-OH is 1. The Kier molecular flexibility index (Phi) is 2.28. The van der Waals surface area contributed by atoms with E-state index in [0.29, 0.717) is 0 Å². The average Bonchev–Trinajstić information content (AvgIpc) is 2.51. The molecule has 1 aliphatic carbocycles. The Morgan fingerprint density at radius 1 is 1.54 bits per heavy atom. The van der Waals surface area contributed by atoms with Gasteiger partial charge >= 0.3 is 0 Å². The molecule has 70 valence electrons. The summed E-state index contributed by atoms with van der Waals surface area (Å²) >= 11 is 6.03. The summed E-state index contributed by atoms with van der Waals surface area (Å²) in [7, 11) is 0. The van der Waals surface area contributed by atoms with Crippen LogP contribution in [0, 0.1) is 0 Å². The third kappa shape index (κ3) is 1.35. The molecule has 3 heteroatoms. The molecule has 0 saturated carbocycles. The van der Waals surface area contributed by atoms with Gasteiger partial charge in [-0.1, -0.05) is 17.7 Å². The highest BCUT2D eigenvalue weighted by Gasteiger charge is 2.23. The number of rotatable bonds is 1. The van der Waals surface area contributed by atoms with Gasteiger partial charge in [-0.2, -0.15) is 0 Å². The zero-order valence-corrected chi connectivity index (χ0v) is 8.01. The van der Waals surface area contributed by atoms with Crippen LogP contribution in [0.3, 0.4) is 0 Å². The van der Waals surface area contributed by atoms with Crippen LogP contribution in [-0.4, -0.2) is 5.11 Å². The lowest BCUT2D eigenvalue weighted by Gasteiger charge is -2.10. The van der Waals surface area contributed by atoms with Crippen LogP contribution >= 0.6 is 11.6 Å². The van der Waals surface area contributed by atoms with E-state index >= 15 is 0 Å². The second-order valence-electron chi connectivity index (χ2n) is 3.40. The fourth-order valence-corrected chi connectivity index (χ4v) is 2.24. The Labute approximate surface area is 82.3 Å². The molecule has 0 amide bonds. The van der Waals surface area contributed by atoms with Crippen molar-refractivity contribution < 1.29 is 5.11 Å².